The molecule has 4 atom stereocenters. The number of ketones is 1. The number of alkyl halides is 1. The number of aromatic nitrogens is 2. The van der Waals surface area contributed by atoms with Crippen molar-refractivity contribution in [2.75, 3.05) is 5.88 Å². The van der Waals surface area contributed by atoms with Crippen LogP contribution in [-0.4, -0.2) is 80.5 Å². The first-order chi connectivity index (χ1) is 17.3. The van der Waals surface area contributed by atoms with Gasteiger partial charge in [-0.25, -0.2) is 4.98 Å². The number of carbonyl (C=O) groups excluding carboxylic acids is 5. The second-order valence-electron chi connectivity index (χ2n) is 9.05. The highest BCUT2D eigenvalue weighted by Crippen LogP contribution is 2.08. The molecular weight excluding hydrogens is 508 g/mol. The van der Waals surface area contributed by atoms with Crippen molar-refractivity contribution < 1.29 is 33.9 Å². The van der Waals surface area contributed by atoms with E-state index in [1.165, 1.54) is 26.4 Å². The highest BCUT2D eigenvalue weighted by atomic mass is 35.5. The van der Waals surface area contributed by atoms with Crippen LogP contribution in [0.5, 0.6) is 0 Å². The third kappa shape index (κ3) is 11.9. The Bertz CT molecular complexity index is 953. The van der Waals surface area contributed by atoms with Gasteiger partial charge in [-0.3, -0.25) is 28.8 Å². The van der Waals surface area contributed by atoms with Crippen LogP contribution >= 0.6 is 11.6 Å². The predicted molar refractivity (Wildman–Crippen MR) is 133 cm³/mol. The molecule has 0 bridgehead atoms. The number of H-pyrrole nitrogens is 1. The fraction of sp³-hybridized carbons (Fsp3) is 0.609. The van der Waals surface area contributed by atoms with Crippen molar-refractivity contribution in [2.24, 2.45) is 5.92 Å². The molecular formula is C23H35ClN6O7. The van der Waals surface area contributed by atoms with E-state index in [4.69, 9.17) is 16.7 Å². The average molecular weight is 543 g/mol. The van der Waals surface area contributed by atoms with Crippen LogP contribution < -0.4 is 21.3 Å². The summed E-state index contributed by atoms with van der Waals surface area (Å²) in [7, 11) is 0. The number of imidazole rings is 1. The van der Waals surface area contributed by atoms with E-state index < -0.39 is 66.0 Å². The van der Waals surface area contributed by atoms with E-state index in [-0.39, 0.29) is 31.1 Å². The van der Waals surface area contributed by atoms with Gasteiger partial charge in [-0.05, 0) is 25.7 Å². The van der Waals surface area contributed by atoms with Crippen molar-refractivity contribution in [3.63, 3.8) is 0 Å². The summed E-state index contributed by atoms with van der Waals surface area (Å²) in [6.45, 7) is 6.41. The van der Waals surface area contributed by atoms with Crippen molar-refractivity contribution in [3.05, 3.63) is 18.2 Å². The average Bonchev–Trinajstić information content (AvgIpc) is 3.32. The lowest BCUT2D eigenvalue weighted by Crippen LogP contribution is -2.58. The first-order valence-corrected chi connectivity index (χ1v) is 12.3. The summed E-state index contributed by atoms with van der Waals surface area (Å²) in [5.74, 6) is -4.49. The Morgan fingerprint density at radius 1 is 0.946 bits per heavy atom. The lowest BCUT2D eigenvalue weighted by Gasteiger charge is -2.26. The topological polar surface area (TPSA) is 199 Å². The number of carbonyl (C=O) groups is 6. The van der Waals surface area contributed by atoms with Crippen molar-refractivity contribution in [1.29, 1.82) is 0 Å². The number of carboxylic acids is 1. The predicted octanol–water partition coefficient (Wildman–Crippen LogP) is -0.350. The van der Waals surface area contributed by atoms with Gasteiger partial charge in [-0.1, -0.05) is 13.8 Å². The molecule has 13 nitrogen and oxygen atoms in total. The van der Waals surface area contributed by atoms with Gasteiger partial charge in [-0.15, -0.1) is 11.6 Å². The summed E-state index contributed by atoms with van der Waals surface area (Å²) in [5, 5.41) is 19.2. The number of amides is 4. The Hall–Kier alpha value is -3.48. The van der Waals surface area contributed by atoms with Gasteiger partial charge in [0.15, 0.2) is 5.78 Å². The van der Waals surface area contributed by atoms with Crippen LogP contribution in [0.3, 0.4) is 0 Å². The molecule has 206 valence electrons. The van der Waals surface area contributed by atoms with Crippen molar-refractivity contribution in [3.8, 4) is 0 Å². The van der Waals surface area contributed by atoms with E-state index in [1.54, 1.807) is 0 Å². The molecule has 0 unspecified atom stereocenters. The Kier molecular flexibility index (Phi) is 13.3. The summed E-state index contributed by atoms with van der Waals surface area (Å²) in [4.78, 5) is 80.3. The molecule has 0 aliphatic carbocycles. The summed E-state index contributed by atoms with van der Waals surface area (Å²) in [5.41, 5.74) is 0.505. The summed E-state index contributed by atoms with van der Waals surface area (Å²) < 4.78 is 0. The molecule has 0 fully saturated rings. The molecule has 1 rings (SSSR count). The number of halogens is 1. The van der Waals surface area contributed by atoms with Gasteiger partial charge in [0.25, 0.3) is 0 Å². The third-order valence-corrected chi connectivity index (χ3v) is 5.53. The highest BCUT2D eigenvalue weighted by molar-refractivity contribution is 6.28. The molecule has 0 aliphatic heterocycles. The van der Waals surface area contributed by atoms with Gasteiger partial charge in [0.05, 0.1) is 18.2 Å². The van der Waals surface area contributed by atoms with Crippen LogP contribution in [0, 0.1) is 5.92 Å². The zero-order valence-corrected chi connectivity index (χ0v) is 22.1. The number of rotatable bonds is 16. The second-order valence-corrected chi connectivity index (χ2v) is 9.32. The van der Waals surface area contributed by atoms with Gasteiger partial charge in [0.1, 0.15) is 18.1 Å². The number of hydrogen-bond donors (Lipinski definition) is 6. The van der Waals surface area contributed by atoms with Crippen LogP contribution in [0.2, 0.25) is 0 Å². The fourth-order valence-corrected chi connectivity index (χ4v) is 3.60. The molecule has 0 radical (unpaired) electrons. The smallest absolute Gasteiger partial charge is 0.303 e. The lowest BCUT2D eigenvalue weighted by atomic mass is 10.0. The largest absolute Gasteiger partial charge is 0.481 e. The van der Waals surface area contributed by atoms with Crippen molar-refractivity contribution >= 4 is 47.0 Å². The maximum absolute atomic E-state index is 13.2. The highest BCUT2D eigenvalue weighted by Gasteiger charge is 2.31. The number of aliphatic carboxylic acids is 1. The monoisotopic (exact) mass is 542 g/mol. The minimum atomic E-state index is -1.31. The number of carboxylic acid groups (broad SMARTS) is 1. The van der Waals surface area contributed by atoms with E-state index >= 15 is 0 Å². The van der Waals surface area contributed by atoms with Crippen LogP contribution in [0.1, 0.15) is 52.7 Å². The van der Waals surface area contributed by atoms with E-state index in [0.717, 1.165) is 0 Å². The van der Waals surface area contributed by atoms with Gasteiger partial charge < -0.3 is 31.4 Å². The first kappa shape index (κ1) is 31.5. The Labute approximate surface area is 219 Å². The number of nitrogens with one attached hydrogen (secondary N) is 5. The minimum absolute atomic E-state index is 0.0270. The van der Waals surface area contributed by atoms with Crippen LogP contribution in [-0.2, 0) is 35.2 Å². The Morgan fingerprint density at radius 2 is 1.54 bits per heavy atom. The zero-order chi connectivity index (χ0) is 28.1. The Balaban J connectivity index is 3.12. The maximum atomic E-state index is 13.2. The molecule has 37 heavy (non-hydrogen) atoms. The van der Waals surface area contributed by atoms with Gasteiger partial charge in [-0.2, -0.15) is 0 Å². The number of Topliss-reactive ketones (excluding diaryl/α,β-unsaturated/α-hetero) is 1. The SMILES string of the molecule is CC(=O)N[C@@H](CC(C)C)C(=O)N[C@@H](CCC(=O)O)C(=O)N[C@@H](Cc1cnc[nH]1)C(=O)N[C@@H](C)C(=O)CCl. The molecule has 1 heterocycles. The quantitative estimate of drug-likeness (QED) is 0.152. The second kappa shape index (κ2) is 15.6. The van der Waals surface area contributed by atoms with Crippen molar-refractivity contribution in [2.45, 2.75) is 77.5 Å². The number of aromatic amines is 1. The van der Waals surface area contributed by atoms with Crippen LogP contribution in [0.4, 0.5) is 0 Å². The molecule has 0 saturated carbocycles. The molecule has 4 amide bonds. The Morgan fingerprint density at radius 3 is 2.05 bits per heavy atom. The summed E-state index contributed by atoms with van der Waals surface area (Å²) >= 11 is 5.55. The first-order valence-electron chi connectivity index (χ1n) is 11.8. The number of nitrogens with zero attached hydrogens (tertiary/aromatic N) is 1. The maximum Gasteiger partial charge on any atom is 0.303 e. The third-order valence-electron chi connectivity index (χ3n) is 5.27. The zero-order valence-electron chi connectivity index (χ0n) is 21.3. The molecule has 0 aromatic carbocycles. The lowest BCUT2D eigenvalue weighted by molar-refractivity contribution is -0.138. The van der Waals surface area contributed by atoms with Crippen molar-refractivity contribution in [1.82, 2.24) is 31.2 Å². The van der Waals surface area contributed by atoms with Crippen LogP contribution in [0.15, 0.2) is 12.5 Å². The molecule has 0 saturated heterocycles. The fourth-order valence-electron chi connectivity index (χ4n) is 3.37. The number of hydrogen-bond acceptors (Lipinski definition) is 7. The van der Waals surface area contributed by atoms with E-state index in [9.17, 15) is 28.8 Å². The van der Waals surface area contributed by atoms with Gasteiger partial charge >= 0.3 is 5.97 Å². The van der Waals surface area contributed by atoms with Gasteiger partial charge in [0, 0.05) is 31.7 Å². The van der Waals surface area contributed by atoms with Crippen LogP contribution in [0.25, 0.3) is 0 Å². The molecule has 6 N–H and O–H groups in total. The minimum Gasteiger partial charge on any atom is -0.481 e. The molecule has 0 aliphatic rings. The van der Waals surface area contributed by atoms with E-state index in [1.807, 2.05) is 13.8 Å². The normalized spacial score (nSPS) is 14.1. The van der Waals surface area contributed by atoms with E-state index in [2.05, 4.69) is 31.2 Å². The van der Waals surface area contributed by atoms with Gasteiger partial charge in [0.2, 0.25) is 23.6 Å². The van der Waals surface area contributed by atoms with E-state index in [0.29, 0.717) is 5.69 Å². The summed E-state index contributed by atoms with van der Waals surface area (Å²) in [6, 6.07) is -4.36. The summed E-state index contributed by atoms with van der Waals surface area (Å²) in [6.07, 6.45) is 2.40. The standard InChI is InChI=1S/C23H35ClN6O7/c1-12(2)7-17(28-14(4)31)23(37)29-16(5-6-20(33)34)21(35)30-18(8-15-10-25-11-26-15)22(36)27-13(3)19(32)9-24/h10-13,16-18H,5-9H2,1-4H3,(H,25,26)(H,27,36)(H,28,31)(H,29,37)(H,30,35)(H,33,34)/t13-,16-,17-,18-/m0/s1. The molecule has 1 aromatic heterocycles. The molecule has 1 aromatic rings. The molecule has 14 heteroatoms. The molecule has 0 spiro atoms.